The Morgan fingerprint density at radius 1 is 1.12 bits per heavy atom. The summed E-state index contributed by atoms with van der Waals surface area (Å²) in [5.41, 5.74) is 2.95. The van der Waals surface area contributed by atoms with Crippen LogP contribution in [0.1, 0.15) is 42.0 Å². The first-order valence-corrected chi connectivity index (χ1v) is 9.18. The van der Waals surface area contributed by atoms with Gasteiger partial charge in [-0.1, -0.05) is 24.3 Å². The number of hydrogen-bond acceptors (Lipinski definition) is 3. The van der Waals surface area contributed by atoms with Crippen LogP contribution in [0.15, 0.2) is 29.3 Å². The minimum atomic E-state index is 0.432. The lowest BCUT2D eigenvalue weighted by Crippen LogP contribution is -2.46. The first-order valence-electron chi connectivity index (χ1n) is 9.18. The molecule has 0 radical (unpaired) electrons. The summed E-state index contributed by atoms with van der Waals surface area (Å²) in [6.07, 6.45) is 5.80. The Balaban J connectivity index is 1.44. The van der Waals surface area contributed by atoms with E-state index in [0.717, 1.165) is 36.9 Å². The molecule has 132 valence electrons. The zero-order valence-electron chi connectivity index (χ0n) is 15.0. The minimum absolute atomic E-state index is 0.432. The van der Waals surface area contributed by atoms with E-state index < -0.39 is 0 Å². The lowest BCUT2D eigenvalue weighted by molar-refractivity contribution is 0.519. The third-order valence-corrected chi connectivity index (χ3v) is 5.17. The van der Waals surface area contributed by atoms with Crippen LogP contribution in [0, 0.1) is 6.92 Å². The normalized spacial score (nSPS) is 20.2. The molecule has 0 aliphatic heterocycles. The maximum atomic E-state index is 4.77. The fourth-order valence-corrected chi connectivity index (χ4v) is 3.31. The van der Waals surface area contributed by atoms with E-state index in [-0.39, 0.29) is 0 Å². The molecule has 1 atom stereocenters. The van der Waals surface area contributed by atoms with Gasteiger partial charge in [0.2, 0.25) is 0 Å². The van der Waals surface area contributed by atoms with Crippen LogP contribution in [0.3, 0.4) is 0 Å². The third-order valence-electron chi connectivity index (χ3n) is 5.17. The summed E-state index contributed by atoms with van der Waals surface area (Å²) >= 11 is 0. The van der Waals surface area contributed by atoms with Crippen LogP contribution < -0.4 is 10.6 Å². The monoisotopic (exact) mass is 338 g/mol. The van der Waals surface area contributed by atoms with Crippen molar-refractivity contribution in [3.8, 4) is 0 Å². The van der Waals surface area contributed by atoms with Gasteiger partial charge in [0.05, 0.1) is 0 Å². The van der Waals surface area contributed by atoms with Gasteiger partial charge in [-0.05, 0) is 50.2 Å². The van der Waals surface area contributed by atoms with Crippen molar-refractivity contribution in [1.29, 1.82) is 0 Å². The molecule has 6 heteroatoms. The molecule has 1 saturated carbocycles. The quantitative estimate of drug-likeness (QED) is 0.660. The van der Waals surface area contributed by atoms with Crippen LogP contribution in [0.25, 0.3) is 0 Å². The number of benzene rings is 1. The smallest absolute Gasteiger partial charge is 0.192 e. The number of aliphatic imine (C=N–C) groups is 1. The zero-order valence-corrected chi connectivity index (χ0v) is 15.0. The molecular weight excluding hydrogens is 312 g/mol. The van der Waals surface area contributed by atoms with Gasteiger partial charge in [-0.2, -0.15) is 0 Å². The topological polar surface area (TPSA) is 67.1 Å². The average molecular weight is 338 g/mol. The Morgan fingerprint density at radius 2 is 1.88 bits per heavy atom. The van der Waals surface area contributed by atoms with Crippen LogP contribution >= 0.6 is 0 Å². The molecular formula is C19H26N6. The fraction of sp³-hybridized carbons (Fsp3) is 0.526. The van der Waals surface area contributed by atoms with Crippen molar-refractivity contribution in [2.45, 2.75) is 57.7 Å². The van der Waals surface area contributed by atoms with Crippen LogP contribution in [0.5, 0.6) is 0 Å². The number of aryl methyl sites for hydroxylation is 2. The summed E-state index contributed by atoms with van der Waals surface area (Å²) in [6.45, 7) is 2.50. The second-order valence-corrected chi connectivity index (χ2v) is 7.16. The van der Waals surface area contributed by atoms with Gasteiger partial charge in [-0.3, -0.25) is 0 Å². The molecule has 1 unspecified atom stereocenters. The molecule has 1 fully saturated rings. The van der Waals surface area contributed by atoms with Crippen molar-refractivity contribution in [2.24, 2.45) is 12.0 Å². The van der Waals surface area contributed by atoms with Crippen LogP contribution in [-0.2, 0) is 26.4 Å². The van der Waals surface area contributed by atoms with Gasteiger partial charge >= 0.3 is 0 Å². The summed E-state index contributed by atoms with van der Waals surface area (Å²) in [5, 5.41) is 15.5. The molecule has 2 N–H and O–H groups in total. The number of aromatic nitrogens is 3. The summed E-state index contributed by atoms with van der Waals surface area (Å²) in [6, 6.07) is 9.77. The highest BCUT2D eigenvalue weighted by molar-refractivity contribution is 5.80. The van der Waals surface area contributed by atoms with E-state index in [1.165, 1.54) is 24.0 Å². The Morgan fingerprint density at radius 3 is 2.60 bits per heavy atom. The first-order chi connectivity index (χ1) is 12.2. The van der Waals surface area contributed by atoms with E-state index in [1.54, 1.807) is 0 Å². The summed E-state index contributed by atoms with van der Waals surface area (Å²) < 4.78 is 2.00. The zero-order chi connectivity index (χ0) is 17.2. The van der Waals surface area contributed by atoms with Gasteiger partial charge in [-0.25, -0.2) is 4.99 Å². The lowest BCUT2D eigenvalue weighted by atomic mass is 9.88. The van der Waals surface area contributed by atoms with E-state index in [4.69, 9.17) is 4.99 Å². The van der Waals surface area contributed by atoms with Crippen molar-refractivity contribution in [3.05, 3.63) is 47.0 Å². The lowest BCUT2D eigenvalue weighted by Gasteiger charge is -2.27. The van der Waals surface area contributed by atoms with Gasteiger partial charge < -0.3 is 15.2 Å². The molecule has 2 aromatic rings. The van der Waals surface area contributed by atoms with Gasteiger partial charge in [0.1, 0.15) is 12.4 Å². The van der Waals surface area contributed by atoms with E-state index in [0.29, 0.717) is 18.6 Å². The number of rotatable bonds is 4. The second-order valence-electron chi connectivity index (χ2n) is 7.16. The predicted molar refractivity (Wildman–Crippen MR) is 98.4 cm³/mol. The van der Waals surface area contributed by atoms with Gasteiger partial charge in [0.25, 0.3) is 0 Å². The average Bonchev–Trinajstić information content (AvgIpc) is 3.39. The van der Waals surface area contributed by atoms with Gasteiger partial charge in [0.15, 0.2) is 11.8 Å². The van der Waals surface area contributed by atoms with Gasteiger partial charge in [-0.15, -0.1) is 10.2 Å². The van der Waals surface area contributed by atoms with E-state index >= 15 is 0 Å². The standard InChI is InChI=1S/C19H26N6/c1-13-23-24-18(25(13)2)12-20-19(21-16-9-10-16)22-17-8-7-14-5-3-4-6-15(14)11-17/h3-6,16-17H,7-12H2,1-2H3,(H2,20,21,22). The van der Waals surface area contributed by atoms with Crippen LogP contribution in [0.4, 0.5) is 0 Å². The molecule has 0 amide bonds. The molecule has 2 aliphatic carbocycles. The molecule has 25 heavy (non-hydrogen) atoms. The number of nitrogens with one attached hydrogen (secondary N) is 2. The predicted octanol–water partition coefficient (Wildman–Crippen LogP) is 1.88. The molecule has 1 aromatic heterocycles. The number of nitrogens with zero attached hydrogens (tertiary/aromatic N) is 4. The highest BCUT2D eigenvalue weighted by atomic mass is 15.3. The molecule has 1 aromatic carbocycles. The van der Waals surface area contributed by atoms with E-state index in [1.807, 2.05) is 18.5 Å². The van der Waals surface area contributed by atoms with Crippen molar-refractivity contribution in [2.75, 3.05) is 0 Å². The Kier molecular flexibility index (Phi) is 4.42. The van der Waals surface area contributed by atoms with Crippen molar-refractivity contribution in [1.82, 2.24) is 25.4 Å². The SMILES string of the molecule is Cc1nnc(CN=C(NC2CC2)NC2CCc3ccccc3C2)n1C. The third kappa shape index (κ3) is 3.83. The van der Waals surface area contributed by atoms with Gasteiger partial charge in [0, 0.05) is 19.1 Å². The summed E-state index contributed by atoms with van der Waals surface area (Å²) in [7, 11) is 1.99. The highest BCUT2D eigenvalue weighted by Crippen LogP contribution is 2.22. The molecule has 0 bridgehead atoms. The second kappa shape index (κ2) is 6.86. The van der Waals surface area contributed by atoms with E-state index in [9.17, 15) is 0 Å². The Hall–Kier alpha value is -2.37. The maximum absolute atomic E-state index is 4.77. The van der Waals surface area contributed by atoms with Crippen molar-refractivity contribution < 1.29 is 0 Å². The van der Waals surface area contributed by atoms with Crippen molar-refractivity contribution in [3.63, 3.8) is 0 Å². The van der Waals surface area contributed by atoms with E-state index in [2.05, 4.69) is 45.1 Å². The van der Waals surface area contributed by atoms with Crippen LogP contribution in [-0.4, -0.2) is 32.8 Å². The highest BCUT2D eigenvalue weighted by Gasteiger charge is 2.25. The van der Waals surface area contributed by atoms with Crippen LogP contribution in [0.2, 0.25) is 0 Å². The maximum Gasteiger partial charge on any atom is 0.192 e. The van der Waals surface area contributed by atoms with Crippen molar-refractivity contribution >= 4 is 5.96 Å². The molecule has 6 nitrogen and oxygen atoms in total. The molecule has 0 spiro atoms. The summed E-state index contributed by atoms with van der Waals surface area (Å²) in [5.74, 6) is 2.72. The fourth-order valence-electron chi connectivity index (χ4n) is 3.31. The first kappa shape index (κ1) is 16.1. The number of guanidine groups is 1. The summed E-state index contributed by atoms with van der Waals surface area (Å²) in [4.78, 5) is 4.77. The molecule has 0 saturated heterocycles. The number of hydrogen-bond donors (Lipinski definition) is 2. The molecule has 1 heterocycles. The number of fused-ring (bicyclic) bond motifs is 1. The largest absolute Gasteiger partial charge is 0.354 e. The molecule has 4 rings (SSSR count). The minimum Gasteiger partial charge on any atom is -0.354 e. The Bertz CT molecular complexity index is 774. The Labute approximate surface area is 148 Å². The molecule has 2 aliphatic rings.